The summed E-state index contributed by atoms with van der Waals surface area (Å²) < 4.78 is 24.7. The fourth-order valence-electron chi connectivity index (χ4n) is 2.27. The first-order valence-electron chi connectivity index (χ1n) is 6.76. The van der Waals surface area contributed by atoms with Gasteiger partial charge in [-0.05, 0) is 44.0 Å². The molecule has 116 valence electrons. The van der Waals surface area contributed by atoms with Gasteiger partial charge in [-0.25, -0.2) is 8.42 Å². The minimum absolute atomic E-state index is 0.200. The van der Waals surface area contributed by atoms with Gasteiger partial charge in [0.25, 0.3) is 5.91 Å². The molecule has 0 atom stereocenters. The van der Waals surface area contributed by atoms with Gasteiger partial charge in [0.2, 0.25) is 10.0 Å². The van der Waals surface area contributed by atoms with Gasteiger partial charge in [-0.2, -0.15) is 0 Å². The van der Waals surface area contributed by atoms with Crippen molar-refractivity contribution in [3.8, 4) is 0 Å². The van der Waals surface area contributed by atoms with Crippen molar-refractivity contribution < 1.29 is 13.2 Å². The van der Waals surface area contributed by atoms with Crippen molar-refractivity contribution in [1.82, 2.24) is 5.32 Å². The molecule has 0 aromatic heterocycles. The number of hydrogen-bond acceptors (Lipinski definition) is 4. The first kappa shape index (κ1) is 15.8. The molecule has 0 saturated carbocycles. The Morgan fingerprint density at radius 3 is 2.67 bits per heavy atom. The largest absolute Gasteiger partial charge is 0.350 e. The first-order chi connectivity index (χ1) is 9.58. The lowest BCUT2D eigenvalue weighted by Gasteiger charge is -2.19. The van der Waals surface area contributed by atoms with E-state index in [1.807, 2.05) is 13.8 Å². The molecule has 0 unspecified atom stereocenters. The van der Waals surface area contributed by atoms with Crippen molar-refractivity contribution in [3.63, 3.8) is 0 Å². The van der Waals surface area contributed by atoms with Crippen molar-refractivity contribution >= 4 is 21.6 Å². The standard InChI is InChI=1S/C14H21N3O3S/c1-14(2,15)9-16-13(18)11-4-5-12-10(8-11)6-7-17(12)21(3,19)20/h4-5,8H,6-7,9,15H2,1-3H3,(H,16,18). The summed E-state index contributed by atoms with van der Waals surface area (Å²) in [6.45, 7) is 4.47. The van der Waals surface area contributed by atoms with E-state index >= 15 is 0 Å². The molecule has 0 spiro atoms. The van der Waals surface area contributed by atoms with Gasteiger partial charge in [-0.3, -0.25) is 9.10 Å². The van der Waals surface area contributed by atoms with Crippen LogP contribution in [0.5, 0.6) is 0 Å². The number of fused-ring (bicyclic) bond motifs is 1. The predicted octanol–water partition coefficient (Wildman–Crippen LogP) is 0.476. The second-order valence-electron chi connectivity index (χ2n) is 6.10. The first-order valence-corrected chi connectivity index (χ1v) is 8.60. The monoisotopic (exact) mass is 311 g/mol. The van der Waals surface area contributed by atoms with Gasteiger partial charge in [-0.1, -0.05) is 0 Å². The number of nitrogens with one attached hydrogen (secondary N) is 1. The molecule has 3 N–H and O–H groups in total. The van der Waals surface area contributed by atoms with Gasteiger partial charge in [0.05, 0.1) is 11.9 Å². The summed E-state index contributed by atoms with van der Waals surface area (Å²) in [6.07, 6.45) is 1.80. The lowest BCUT2D eigenvalue weighted by atomic mass is 10.1. The Morgan fingerprint density at radius 2 is 2.10 bits per heavy atom. The average Bonchev–Trinajstić information content (AvgIpc) is 2.77. The minimum Gasteiger partial charge on any atom is -0.350 e. The lowest BCUT2D eigenvalue weighted by molar-refractivity contribution is 0.0946. The van der Waals surface area contributed by atoms with Crippen molar-refractivity contribution in [3.05, 3.63) is 29.3 Å². The van der Waals surface area contributed by atoms with E-state index in [0.29, 0.717) is 30.8 Å². The Balaban J connectivity index is 2.18. The van der Waals surface area contributed by atoms with Crippen LogP contribution >= 0.6 is 0 Å². The molecular weight excluding hydrogens is 290 g/mol. The highest BCUT2D eigenvalue weighted by Crippen LogP contribution is 2.30. The van der Waals surface area contributed by atoms with E-state index < -0.39 is 15.6 Å². The van der Waals surface area contributed by atoms with Crippen LogP contribution in [0.1, 0.15) is 29.8 Å². The summed E-state index contributed by atoms with van der Waals surface area (Å²) in [5.74, 6) is -0.200. The van der Waals surface area contributed by atoms with Crippen molar-refractivity contribution in [2.24, 2.45) is 5.73 Å². The molecule has 0 fully saturated rings. The van der Waals surface area contributed by atoms with Crippen molar-refractivity contribution in [2.75, 3.05) is 23.7 Å². The smallest absolute Gasteiger partial charge is 0.251 e. The van der Waals surface area contributed by atoms with Crippen molar-refractivity contribution in [2.45, 2.75) is 25.8 Å². The molecule has 2 rings (SSSR count). The van der Waals surface area contributed by atoms with Crippen LogP contribution < -0.4 is 15.4 Å². The topological polar surface area (TPSA) is 92.5 Å². The minimum atomic E-state index is -3.26. The van der Waals surface area contributed by atoms with Crippen LogP contribution in [0.2, 0.25) is 0 Å². The summed E-state index contributed by atoms with van der Waals surface area (Å²) >= 11 is 0. The number of carbonyl (C=O) groups is 1. The molecular formula is C14H21N3O3S. The Bertz CT molecular complexity index is 663. The van der Waals surface area contributed by atoms with Crippen LogP contribution in [0.4, 0.5) is 5.69 Å². The molecule has 1 aliphatic heterocycles. The molecule has 0 saturated heterocycles. The maximum absolute atomic E-state index is 12.1. The second-order valence-corrected chi connectivity index (χ2v) is 8.01. The van der Waals surface area contributed by atoms with Crippen molar-refractivity contribution in [1.29, 1.82) is 0 Å². The third-order valence-corrected chi connectivity index (χ3v) is 4.48. The van der Waals surface area contributed by atoms with Crippen LogP contribution in [-0.2, 0) is 16.4 Å². The molecule has 21 heavy (non-hydrogen) atoms. The molecule has 1 aromatic carbocycles. The fraction of sp³-hybridized carbons (Fsp3) is 0.500. The van der Waals surface area contributed by atoms with Crippen LogP contribution in [-0.4, -0.2) is 39.2 Å². The molecule has 1 aliphatic rings. The fourth-order valence-corrected chi connectivity index (χ4v) is 3.23. The summed E-state index contributed by atoms with van der Waals surface area (Å²) in [4.78, 5) is 12.1. The number of rotatable bonds is 4. The zero-order valence-corrected chi connectivity index (χ0v) is 13.3. The van der Waals surface area contributed by atoms with Crippen LogP contribution in [0.15, 0.2) is 18.2 Å². The molecule has 7 heteroatoms. The average molecular weight is 311 g/mol. The second kappa shape index (κ2) is 5.31. The number of carbonyl (C=O) groups excluding carboxylic acids is 1. The Labute approximate surface area is 125 Å². The number of anilines is 1. The number of benzene rings is 1. The third kappa shape index (κ3) is 3.74. The summed E-state index contributed by atoms with van der Waals surface area (Å²) in [5, 5.41) is 2.78. The van der Waals surface area contributed by atoms with E-state index in [4.69, 9.17) is 5.73 Å². The molecule has 1 amide bonds. The van der Waals surface area contributed by atoms with Crippen LogP contribution in [0, 0.1) is 0 Å². The molecule has 0 bridgehead atoms. The summed E-state index contributed by atoms with van der Waals surface area (Å²) in [7, 11) is -3.26. The number of nitrogens with zero attached hydrogens (tertiary/aromatic N) is 1. The SMILES string of the molecule is CC(C)(N)CNC(=O)c1ccc2c(c1)CCN2S(C)(=O)=O. The maximum Gasteiger partial charge on any atom is 0.251 e. The Kier molecular flexibility index (Phi) is 3.99. The van der Waals surface area contributed by atoms with Gasteiger partial charge in [0, 0.05) is 24.2 Å². The van der Waals surface area contributed by atoms with E-state index in [-0.39, 0.29) is 5.91 Å². The van der Waals surface area contributed by atoms with Crippen LogP contribution in [0.3, 0.4) is 0 Å². The van der Waals surface area contributed by atoms with Crippen LogP contribution in [0.25, 0.3) is 0 Å². The lowest BCUT2D eigenvalue weighted by Crippen LogP contribution is -2.45. The zero-order chi connectivity index (χ0) is 15.8. The highest BCUT2D eigenvalue weighted by molar-refractivity contribution is 7.92. The zero-order valence-electron chi connectivity index (χ0n) is 12.5. The van der Waals surface area contributed by atoms with E-state index in [1.54, 1.807) is 18.2 Å². The number of hydrogen-bond donors (Lipinski definition) is 2. The summed E-state index contributed by atoms with van der Waals surface area (Å²) in [6, 6.07) is 5.08. The van der Waals surface area contributed by atoms with Gasteiger partial charge in [0.1, 0.15) is 0 Å². The molecule has 0 aliphatic carbocycles. The van der Waals surface area contributed by atoms with E-state index in [9.17, 15) is 13.2 Å². The highest BCUT2D eigenvalue weighted by Gasteiger charge is 2.26. The number of amides is 1. The Morgan fingerprint density at radius 1 is 1.43 bits per heavy atom. The van der Waals surface area contributed by atoms with Gasteiger partial charge in [0.15, 0.2) is 0 Å². The normalized spacial score (nSPS) is 15.0. The van der Waals surface area contributed by atoms with E-state index in [2.05, 4.69) is 5.32 Å². The number of nitrogens with two attached hydrogens (primary N) is 1. The Hall–Kier alpha value is -1.60. The predicted molar refractivity (Wildman–Crippen MR) is 82.9 cm³/mol. The maximum atomic E-state index is 12.1. The van der Waals surface area contributed by atoms with E-state index in [1.165, 1.54) is 10.6 Å². The van der Waals surface area contributed by atoms with Gasteiger partial charge in [-0.15, -0.1) is 0 Å². The quantitative estimate of drug-likeness (QED) is 0.845. The number of sulfonamides is 1. The summed E-state index contributed by atoms with van der Waals surface area (Å²) in [5.41, 5.74) is 7.41. The molecule has 1 heterocycles. The van der Waals surface area contributed by atoms with Gasteiger partial charge < -0.3 is 11.1 Å². The van der Waals surface area contributed by atoms with Gasteiger partial charge >= 0.3 is 0 Å². The molecule has 1 aromatic rings. The molecule has 6 nitrogen and oxygen atoms in total. The third-order valence-electron chi connectivity index (χ3n) is 3.30. The highest BCUT2D eigenvalue weighted by atomic mass is 32.2. The van der Waals surface area contributed by atoms with E-state index in [0.717, 1.165) is 5.56 Å². The molecule has 0 radical (unpaired) electrons.